The van der Waals surface area contributed by atoms with E-state index >= 15 is 0 Å². The lowest BCUT2D eigenvalue weighted by Crippen LogP contribution is -2.09. The highest BCUT2D eigenvalue weighted by atomic mass is 79.9. The monoisotopic (exact) mass is 317 g/mol. The Labute approximate surface area is 111 Å². The zero-order valence-corrected chi connectivity index (χ0v) is 11.5. The van der Waals surface area contributed by atoms with Crippen LogP contribution in [0.3, 0.4) is 0 Å². The van der Waals surface area contributed by atoms with Gasteiger partial charge in [-0.15, -0.1) is 0 Å². The lowest BCUT2D eigenvalue weighted by atomic mass is 10.3. The van der Waals surface area contributed by atoms with Crippen LogP contribution in [-0.4, -0.2) is 27.2 Å². The Morgan fingerprint density at radius 3 is 3.00 bits per heavy atom. The molecule has 0 aliphatic carbocycles. The van der Waals surface area contributed by atoms with Gasteiger partial charge in [0.15, 0.2) is 5.65 Å². The van der Waals surface area contributed by atoms with Crippen molar-refractivity contribution in [2.45, 2.75) is 13.8 Å². The topological polar surface area (TPSA) is 56.5 Å². The Kier molecular flexibility index (Phi) is 3.35. The van der Waals surface area contributed by atoms with Crippen molar-refractivity contribution in [3.63, 3.8) is 0 Å². The highest BCUT2D eigenvalue weighted by molar-refractivity contribution is 9.10. The minimum Gasteiger partial charge on any atom is -0.462 e. The van der Waals surface area contributed by atoms with Crippen LogP contribution in [0.25, 0.3) is 5.65 Å². The maximum Gasteiger partial charge on any atom is 0.342 e. The Morgan fingerprint density at radius 2 is 2.35 bits per heavy atom. The number of aromatic nitrogens is 3. The van der Waals surface area contributed by atoms with Crippen LogP contribution in [0.1, 0.15) is 23.0 Å². The number of esters is 1. The van der Waals surface area contributed by atoms with Gasteiger partial charge in [0.1, 0.15) is 10.7 Å². The van der Waals surface area contributed by atoms with Crippen molar-refractivity contribution in [2.24, 2.45) is 0 Å². The van der Waals surface area contributed by atoms with Crippen LogP contribution in [0, 0.1) is 6.92 Å². The first-order valence-electron chi connectivity index (χ1n) is 4.92. The number of hydrogen-bond acceptors (Lipinski definition) is 4. The molecule has 0 aliphatic rings. The first-order chi connectivity index (χ1) is 8.06. The second-order valence-corrected chi connectivity index (χ2v) is 4.47. The summed E-state index contributed by atoms with van der Waals surface area (Å²) in [5.74, 6) is -0.504. The molecule has 2 heterocycles. The fourth-order valence-corrected chi connectivity index (χ4v) is 1.98. The molecule has 0 amide bonds. The maximum atomic E-state index is 11.6. The Balaban J connectivity index is 2.62. The predicted octanol–water partition coefficient (Wildman–Crippen LogP) is 2.63. The van der Waals surface area contributed by atoms with Gasteiger partial charge in [-0.05, 0) is 29.8 Å². The van der Waals surface area contributed by atoms with Gasteiger partial charge in [-0.1, -0.05) is 11.6 Å². The summed E-state index contributed by atoms with van der Waals surface area (Å²) >= 11 is 9.45. The molecule has 0 bridgehead atoms. The smallest absolute Gasteiger partial charge is 0.342 e. The molecule has 2 aromatic rings. The molecule has 7 heteroatoms. The van der Waals surface area contributed by atoms with E-state index in [0.29, 0.717) is 5.65 Å². The molecule has 5 nitrogen and oxygen atoms in total. The first-order valence-corrected chi connectivity index (χ1v) is 6.09. The van der Waals surface area contributed by atoms with Crippen LogP contribution in [0.5, 0.6) is 0 Å². The third kappa shape index (κ3) is 2.02. The summed E-state index contributed by atoms with van der Waals surface area (Å²) < 4.78 is 7.05. The molecular weight excluding hydrogens is 309 g/mol. The zero-order chi connectivity index (χ0) is 12.6. The van der Waals surface area contributed by atoms with E-state index in [1.54, 1.807) is 6.92 Å². The number of hydrogen-bond donors (Lipinski definition) is 0. The lowest BCUT2D eigenvalue weighted by Gasteiger charge is -2.04. The molecule has 0 atom stereocenters. The van der Waals surface area contributed by atoms with Gasteiger partial charge in [-0.3, -0.25) is 0 Å². The number of fused-ring (bicyclic) bond motifs is 1. The second-order valence-electron chi connectivity index (χ2n) is 3.32. The summed E-state index contributed by atoms with van der Waals surface area (Å²) in [5, 5.41) is 4.38. The molecule has 0 N–H and O–H groups in total. The molecular formula is C10H9BrClN3O2. The predicted molar refractivity (Wildman–Crippen MR) is 66.4 cm³/mol. The van der Waals surface area contributed by atoms with E-state index < -0.39 is 5.97 Å². The van der Waals surface area contributed by atoms with Gasteiger partial charge < -0.3 is 4.74 Å². The highest BCUT2D eigenvalue weighted by Crippen LogP contribution is 2.25. The quantitative estimate of drug-likeness (QED) is 0.631. The van der Waals surface area contributed by atoms with Gasteiger partial charge in [0.05, 0.1) is 16.8 Å². The summed E-state index contributed by atoms with van der Waals surface area (Å²) in [6.45, 7) is 3.83. The number of ether oxygens (including phenoxy) is 1. The van der Waals surface area contributed by atoms with Gasteiger partial charge in [-0.2, -0.15) is 5.10 Å². The molecule has 0 radical (unpaired) electrons. The van der Waals surface area contributed by atoms with Crippen LogP contribution in [0.15, 0.2) is 10.7 Å². The number of nitrogens with zero attached hydrogens (tertiary/aromatic N) is 3. The molecule has 0 unspecified atom stereocenters. The van der Waals surface area contributed by atoms with Crippen LogP contribution in [0.4, 0.5) is 0 Å². The molecule has 0 aromatic carbocycles. The summed E-state index contributed by atoms with van der Waals surface area (Å²) in [7, 11) is 0. The first kappa shape index (κ1) is 12.3. The van der Waals surface area contributed by atoms with Gasteiger partial charge >= 0.3 is 5.97 Å². The molecule has 0 saturated heterocycles. The number of rotatable bonds is 2. The molecule has 0 saturated carbocycles. The van der Waals surface area contributed by atoms with Crippen molar-refractivity contribution in [2.75, 3.05) is 6.61 Å². The van der Waals surface area contributed by atoms with Crippen molar-refractivity contribution < 1.29 is 9.53 Å². The molecule has 17 heavy (non-hydrogen) atoms. The number of aryl methyl sites for hydroxylation is 1. The zero-order valence-electron chi connectivity index (χ0n) is 9.20. The summed E-state index contributed by atoms with van der Waals surface area (Å²) in [6.07, 6.45) is 1.39. The summed E-state index contributed by atoms with van der Waals surface area (Å²) in [5.41, 5.74) is 1.52. The third-order valence-electron chi connectivity index (χ3n) is 2.18. The second kappa shape index (κ2) is 4.62. The Morgan fingerprint density at radius 1 is 1.65 bits per heavy atom. The molecule has 0 fully saturated rings. The average Bonchev–Trinajstić information content (AvgIpc) is 2.58. The van der Waals surface area contributed by atoms with Gasteiger partial charge in [-0.25, -0.2) is 14.3 Å². The minimum absolute atomic E-state index is 0.197. The van der Waals surface area contributed by atoms with Gasteiger partial charge in [0, 0.05) is 6.20 Å². The largest absolute Gasteiger partial charge is 0.462 e. The standard InChI is InChI=1S/C10H9BrClN3O2/c1-3-17-10(16)6-4-13-9-7(11)5(2)14-15(9)8(6)12/h4H,3H2,1-2H3. The van der Waals surface area contributed by atoms with Crippen LogP contribution in [0.2, 0.25) is 5.15 Å². The minimum atomic E-state index is -0.504. The number of carbonyl (C=O) groups is 1. The average molecular weight is 319 g/mol. The lowest BCUT2D eigenvalue weighted by molar-refractivity contribution is 0.0525. The number of carbonyl (C=O) groups excluding carboxylic acids is 1. The van der Waals surface area contributed by atoms with E-state index in [1.807, 2.05) is 6.92 Å². The SMILES string of the molecule is CCOC(=O)c1cnc2c(Br)c(C)nn2c1Cl. The molecule has 2 aromatic heterocycles. The van der Waals surface area contributed by atoms with Crippen molar-refractivity contribution in [1.29, 1.82) is 0 Å². The van der Waals surface area contributed by atoms with Gasteiger partial charge in [0.2, 0.25) is 0 Å². The van der Waals surface area contributed by atoms with Crippen LogP contribution >= 0.6 is 27.5 Å². The van der Waals surface area contributed by atoms with E-state index in [2.05, 4.69) is 26.0 Å². The van der Waals surface area contributed by atoms with Crippen LogP contribution < -0.4 is 0 Å². The van der Waals surface area contributed by atoms with E-state index in [1.165, 1.54) is 10.7 Å². The Hall–Kier alpha value is -1.14. The third-order valence-corrected chi connectivity index (χ3v) is 3.48. The highest BCUT2D eigenvalue weighted by Gasteiger charge is 2.18. The fourth-order valence-electron chi connectivity index (χ4n) is 1.38. The van der Waals surface area contributed by atoms with Gasteiger partial charge in [0.25, 0.3) is 0 Å². The molecule has 0 spiro atoms. The van der Waals surface area contributed by atoms with E-state index in [9.17, 15) is 4.79 Å². The normalized spacial score (nSPS) is 10.8. The van der Waals surface area contributed by atoms with Crippen molar-refractivity contribution >= 4 is 39.1 Å². The maximum absolute atomic E-state index is 11.6. The van der Waals surface area contributed by atoms with Crippen molar-refractivity contribution in [3.8, 4) is 0 Å². The van der Waals surface area contributed by atoms with E-state index in [0.717, 1.165) is 10.2 Å². The summed E-state index contributed by atoms with van der Waals surface area (Å²) in [6, 6.07) is 0. The van der Waals surface area contributed by atoms with Crippen molar-refractivity contribution in [3.05, 3.63) is 27.1 Å². The number of halogens is 2. The molecule has 90 valence electrons. The summed E-state index contributed by atoms with van der Waals surface area (Å²) in [4.78, 5) is 15.7. The van der Waals surface area contributed by atoms with E-state index in [4.69, 9.17) is 16.3 Å². The van der Waals surface area contributed by atoms with E-state index in [-0.39, 0.29) is 17.3 Å². The van der Waals surface area contributed by atoms with Crippen molar-refractivity contribution in [1.82, 2.24) is 14.6 Å². The Bertz CT molecular complexity index is 597. The fraction of sp³-hybridized carbons (Fsp3) is 0.300. The molecule has 2 rings (SSSR count). The molecule has 0 aliphatic heterocycles. The van der Waals surface area contributed by atoms with Crippen LogP contribution in [-0.2, 0) is 4.74 Å².